The molecule has 3 aromatic heterocycles. The van der Waals surface area contributed by atoms with Crippen molar-refractivity contribution in [1.29, 1.82) is 0 Å². The molecule has 0 saturated heterocycles. The van der Waals surface area contributed by atoms with E-state index in [-0.39, 0.29) is 99.3 Å². The summed E-state index contributed by atoms with van der Waals surface area (Å²) in [6.45, 7) is 4.27. The average molecular weight is 1200 g/mol. The summed E-state index contributed by atoms with van der Waals surface area (Å²) >= 11 is 0. The van der Waals surface area contributed by atoms with Crippen molar-refractivity contribution >= 4 is 32.8 Å². The second kappa shape index (κ2) is 20.1. The van der Waals surface area contributed by atoms with E-state index in [9.17, 15) is 2.74 Å². The topological polar surface area (TPSA) is 35.9 Å². The molecule has 12 aromatic rings. The fourth-order valence-electron chi connectivity index (χ4n) is 9.79. The van der Waals surface area contributed by atoms with Gasteiger partial charge in [0.15, 0.2) is 0 Å². The number of aryl methyl sites for hydroxylation is 3. The third-order valence-electron chi connectivity index (χ3n) is 13.7. The molecule has 0 aliphatic heterocycles. The Kier molecular flexibility index (Phi) is 8.65. The Morgan fingerprint density at radius 3 is 1.87 bits per heavy atom. The van der Waals surface area contributed by atoms with Crippen molar-refractivity contribution < 1.29 is 56.4 Å². The predicted octanol–water partition coefficient (Wildman–Crippen LogP) is 17.8. The standard InChI is InChI=1S/C71H60N4O.Pt/c1-46-21-18-22-47(2)68(46)51-33-36-64-66(40-51)73(45-74(64)69-58(49-23-12-10-13-24-49)30-20-31-59(69)52-38-53(70(4,5)6)41-54(39-52)71(7,8)9)55-27-19-28-56(42-55)76-57-34-35-61-60-29-16-17-32-63(60)75(65(61)43-57)67-37-48(3)62(44-72-67)50-25-14-11-15-26-50;/h10-41,44H,1-9H3;/q-2;/i1D3,2D3,3D3,10D,11D,12D,13D,14D,15D,23D,24D,25D,26D;. The summed E-state index contributed by atoms with van der Waals surface area (Å²) < 4.78 is 177. The van der Waals surface area contributed by atoms with E-state index in [1.54, 1.807) is 74.4 Å². The Morgan fingerprint density at radius 2 is 1.18 bits per heavy atom. The molecule has 5 nitrogen and oxygen atoms in total. The molecule has 0 radical (unpaired) electrons. The van der Waals surface area contributed by atoms with Crippen LogP contribution in [-0.2, 0) is 31.9 Å². The summed E-state index contributed by atoms with van der Waals surface area (Å²) in [6.07, 6.45) is 4.74. The molecule has 0 fully saturated rings. The summed E-state index contributed by atoms with van der Waals surface area (Å²) in [4.78, 5) is 4.70. The zero-order valence-corrected chi connectivity index (χ0v) is 45.1. The summed E-state index contributed by atoms with van der Waals surface area (Å²) in [5, 5.41) is 1.42. The Morgan fingerprint density at radius 1 is 0.545 bits per heavy atom. The first-order valence-electron chi connectivity index (χ1n) is 34.2. The zero-order chi connectivity index (χ0) is 68.7. The molecule has 0 N–H and O–H groups in total. The molecule has 0 spiro atoms. The zero-order valence-electron chi connectivity index (χ0n) is 61.8. The van der Waals surface area contributed by atoms with Crippen molar-refractivity contribution in [3.05, 3.63) is 246 Å². The number of benzene rings is 9. The van der Waals surface area contributed by atoms with Crippen molar-refractivity contribution in [3.8, 4) is 73.2 Å². The average Bonchev–Trinajstić information content (AvgIpc) is 1.44. The molecule has 77 heavy (non-hydrogen) atoms. The monoisotopic (exact) mass is 1200 g/mol. The molecule has 382 valence electrons. The molecule has 0 aliphatic rings. The van der Waals surface area contributed by atoms with Gasteiger partial charge in [-0.25, -0.2) is 4.98 Å². The first kappa shape index (κ1) is 33.1. The molecule has 3 heterocycles. The molecule has 0 unspecified atom stereocenters. The van der Waals surface area contributed by atoms with Crippen LogP contribution in [0.1, 0.15) is 95.4 Å². The molecule has 12 rings (SSSR count). The van der Waals surface area contributed by atoms with Gasteiger partial charge in [-0.3, -0.25) is 4.57 Å². The fraction of sp³-hybridized carbons (Fsp3) is 0.155. The second-order valence-electron chi connectivity index (χ2n) is 20.7. The van der Waals surface area contributed by atoms with Crippen molar-refractivity contribution in [2.24, 2.45) is 0 Å². The predicted molar refractivity (Wildman–Crippen MR) is 313 cm³/mol. The van der Waals surface area contributed by atoms with E-state index in [1.165, 1.54) is 30.5 Å². The van der Waals surface area contributed by atoms with Crippen LogP contribution in [-0.4, -0.2) is 14.1 Å². The van der Waals surface area contributed by atoms with E-state index in [2.05, 4.69) is 78.2 Å². The molecule has 0 saturated carbocycles. The van der Waals surface area contributed by atoms with Crippen molar-refractivity contribution in [3.63, 3.8) is 0 Å². The van der Waals surface area contributed by atoms with Gasteiger partial charge in [0.25, 0.3) is 6.33 Å². The first-order chi connectivity index (χ1) is 44.4. The quantitative estimate of drug-likeness (QED) is 0.107. The molecule has 0 bridgehead atoms. The maximum atomic E-state index is 9.39. The normalized spacial score (nSPS) is 15.9. The molecule has 0 aliphatic carbocycles. The number of aromatic nitrogens is 4. The number of ether oxygens (including phenoxy) is 1. The van der Waals surface area contributed by atoms with E-state index in [4.69, 9.17) is 33.0 Å². The van der Waals surface area contributed by atoms with Crippen molar-refractivity contribution in [2.45, 2.75) is 72.9 Å². The van der Waals surface area contributed by atoms with Gasteiger partial charge in [-0.05, 0) is 127 Å². The van der Waals surface area contributed by atoms with Crippen molar-refractivity contribution in [1.82, 2.24) is 14.1 Å². The van der Waals surface area contributed by atoms with Gasteiger partial charge in [0, 0.05) is 62.2 Å². The maximum absolute atomic E-state index is 9.39. The first-order valence-corrected chi connectivity index (χ1v) is 24.7. The summed E-state index contributed by atoms with van der Waals surface area (Å²) in [5.41, 5.74) is 4.23. The SMILES string of the molecule is [2H]c1c([2H])c([2H])c(-c2cnc(-n3c4[c-]c(Oc5[c-]c(-n6[c-][n+](-c7c(-c8cc(C(C)(C)C)cc(C(C)(C)C)c8)cccc7-c7c([2H])c([2H])c([2H])c([2H])c7[2H])c7ccc(-c8c(C([2H])([2H])[2H])cccc8C([2H])([2H])[2H])cc76)ccc5)ccc4c4ccccc43)cc2C([2H])([2H])[2H])c([2H])c1[2H].[Pt]. The van der Waals surface area contributed by atoms with Crippen LogP contribution in [0.25, 0.3) is 94.5 Å². The Balaban J connectivity index is 0.00000936. The second-order valence-corrected chi connectivity index (χ2v) is 20.7. The van der Waals surface area contributed by atoms with Gasteiger partial charge < -0.3 is 13.9 Å². The molecule has 0 atom stereocenters. The number of hydrogen-bond acceptors (Lipinski definition) is 2. The van der Waals surface area contributed by atoms with Gasteiger partial charge in [-0.1, -0.05) is 192 Å². The number of nitrogens with zero attached hydrogens (tertiary/aromatic N) is 4. The number of imidazole rings is 1. The number of rotatable bonds is 9. The number of pyridine rings is 1. The number of hydrogen-bond donors (Lipinski definition) is 0. The van der Waals surface area contributed by atoms with E-state index in [0.29, 0.717) is 44.4 Å². The van der Waals surface area contributed by atoms with Gasteiger partial charge >= 0.3 is 0 Å². The summed E-state index contributed by atoms with van der Waals surface area (Å²) in [7, 11) is 0. The van der Waals surface area contributed by atoms with Gasteiger partial charge in [0.2, 0.25) is 0 Å². The van der Waals surface area contributed by atoms with Gasteiger partial charge in [-0.2, -0.15) is 18.2 Å². The van der Waals surface area contributed by atoms with E-state index < -0.39 is 81.0 Å². The van der Waals surface area contributed by atoms with Crippen LogP contribution in [0.5, 0.6) is 11.5 Å². The summed E-state index contributed by atoms with van der Waals surface area (Å²) in [5.74, 6) is 0.433. The third kappa shape index (κ3) is 9.53. The number of fused-ring (bicyclic) bond motifs is 4. The fourth-order valence-corrected chi connectivity index (χ4v) is 9.79. The Labute approximate surface area is 494 Å². The molecular weight excluding hydrogens is 1120 g/mol. The van der Waals surface area contributed by atoms with Crippen LogP contribution in [0, 0.1) is 39.0 Å². The minimum Gasteiger partial charge on any atom is -0.510 e. The molecular formula is C71H60N4OPt-2. The van der Waals surface area contributed by atoms with Crippen LogP contribution < -0.4 is 9.30 Å². The molecule has 0 amide bonds. The molecule has 9 aromatic carbocycles. The van der Waals surface area contributed by atoms with Crippen LogP contribution in [0.4, 0.5) is 0 Å². The van der Waals surface area contributed by atoms with Crippen LogP contribution in [0.3, 0.4) is 0 Å². The van der Waals surface area contributed by atoms with E-state index in [0.717, 1.165) is 22.1 Å². The Hall–Kier alpha value is -8.11. The smallest absolute Gasteiger partial charge is 0.268 e. The third-order valence-corrected chi connectivity index (χ3v) is 13.7. The molecule has 6 heteroatoms. The van der Waals surface area contributed by atoms with Gasteiger partial charge in [-0.15, -0.1) is 29.7 Å². The van der Waals surface area contributed by atoms with Crippen LogP contribution >= 0.6 is 0 Å². The van der Waals surface area contributed by atoms with E-state index >= 15 is 0 Å². The van der Waals surface area contributed by atoms with E-state index in [1.807, 2.05) is 30.3 Å². The maximum Gasteiger partial charge on any atom is 0.268 e. The Bertz CT molecular complexity index is 5050. The van der Waals surface area contributed by atoms with Crippen molar-refractivity contribution in [2.75, 3.05) is 0 Å². The minimum absolute atomic E-state index is 0. The largest absolute Gasteiger partial charge is 0.510 e. The van der Waals surface area contributed by atoms with Crippen LogP contribution in [0.2, 0.25) is 0 Å². The van der Waals surface area contributed by atoms with Crippen LogP contribution in [0.15, 0.2) is 200 Å². The summed E-state index contributed by atoms with van der Waals surface area (Å²) in [6, 6.07) is 39.2. The minimum atomic E-state index is -2.86. The van der Waals surface area contributed by atoms with Gasteiger partial charge in [0.05, 0.1) is 30.4 Å². The van der Waals surface area contributed by atoms with Gasteiger partial charge in [0.1, 0.15) is 5.82 Å². The number of para-hydroxylation sites is 2.